The molecule has 1 atom stereocenters. The van der Waals surface area contributed by atoms with Crippen LogP contribution >= 0.6 is 0 Å². The van der Waals surface area contributed by atoms with E-state index in [1.54, 1.807) is 43.5 Å². The van der Waals surface area contributed by atoms with Crippen LogP contribution in [0.15, 0.2) is 105 Å². The van der Waals surface area contributed by atoms with Crippen molar-refractivity contribution in [2.45, 2.75) is 58.4 Å². The van der Waals surface area contributed by atoms with Gasteiger partial charge in [0.25, 0.3) is 0 Å². The monoisotopic (exact) mass is 996 g/mol. The normalized spacial score (nSPS) is 15.7. The Bertz CT molecular complexity index is 3990. The summed E-state index contributed by atoms with van der Waals surface area (Å²) in [5.41, 5.74) is 14.6. The number of rotatable bonds is 11. The molecule has 0 bridgehead atoms. The number of carbonyl (C=O) groups is 2. The maximum Gasteiger partial charge on any atom is 0.227 e. The molecule has 1 saturated carbocycles. The minimum atomic E-state index is -0.138. The molecule has 1 aliphatic carbocycles. The summed E-state index contributed by atoms with van der Waals surface area (Å²) in [5.74, 6) is 1.19. The van der Waals surface area contributed by atoms with Gasteiger partial charge < -0.3 is 30.1 Å². The van der Waals surface area contributed by atoms with Gasteiger partial charge in [-0.25, -0.2) is 15.0 Å². The number of carbonyl (C=O) groups excluding carboxylic acids is 2. The Morgan fingerprint density at radius 3 is 2.16 bits per heavy atom. The van der Waals surface area contributed by atoms with Crippen LogP contribution < -0.4 is 15.5 Å². The zero-order valence-corrected chi connectivity index (χ0v) is 41.5. The molecule has 1 unspecified atom stereocenters. The summed E-state index contributed by atoms with van der Waals surface area (Å²) in [4.78, 5) is 70.6. The van der Waals surface area contributed by atoms with E-state index >= 15 is 0 Å². The minimum Gasteiger partial charge on any atom is -0.365 e. The van der Waals surface area contributed by atoms with E-state index < -0.39 is 0 Å². The van der Waals surface area contributed by atoms with Gasteiger partial charge >= 0.3 is 0 Å². The smallest absolute Gasteiger partial charge is 0.227 e. The highest BCUT2D eigenvalue weighted by atomic mass is 16.2. The Kier molecular flexibility index (Phi) is 11.4. The van der Waals surface area contributed by atoms with Crippen molar-refractivity contribution in [3.05, 3.63) is 116 Å². The molecule has 0 radical (unpaired) electrons. The van der Waals surface area contributed by atoms with Crippen molar-refractivity contribution in [1.82, 2.24) is 74.7 Å². The summed E-state index contributed by atoms with van der Waals surface area (Å²) in [6, 6.07) is 14.2. The first-order chi connectivity index (χ1) is 36.7. The van der Waals surface area contributed by atoms with Crippen LogP contribution in [-0.2, 0) is 9.59 Å². The summed E-state index contributed by atoms with van der Waals surface area (Å²) >= 11 is 0. The Labute approximate surface area is 428 Å². The van der Waals surface area contributed by atoms with Gasteiger partial charge in [-0.2, -0.15) is 10.2 Å². The van der Waals surface area contributed by atoms with Crippen LogP contribution in [0.3, 0.4) is 0 Å². The Morgan fingerprint density at radius 1 is 0.680 bits per heavy atom. The van der Waals surface area contributed by atoms with Crippen LogP contribution in [0.5, 0.6) is 0 Å². The molecule has 374 valence electrons. The molecule has 2 aromatic carbocycles. The summed E-state index contributed by atoms with van der Waals surface area (Å²) in [7, 11) is 2.15. The lowest BCUT2D eigenvalue weighted by atomic mass is 9.88. The number of nitrogens with zero attached hydrogens (tertiary/aromatic N) is 12. The molecule has 1 saturated heterocycles. The highest BCUT2D eigenvalue weighted by molar-refractivity contribution is 6.00. The molecule has 20 nitrogen and oxygen atoms in total. The largest absolute Gasteiger partial charge is 0.365 e. The molecule has 0 spiro atoms. The highest BCUT2D eigenvalue weighted by Crippen LogP contribution is 2.40. The zero-order valence-electron chi connectivity index (χ0n) is 41.5. The number of fused-ring (bicyclic) bond motifs is 4. The second-order valence-corrected chi connectivity index (χ2v) is 19.7. The van der Waals surface area contributed by atoms with E-state index in [9.17, 15) is 9.59 Å². The number of piperazine rings is 1. The Hall–Kier alpha value is -9.17. The quantitative estimate of drug-likeness (QED) is 0.0708. The number of hydrogen-bond donors (Lipinski definition) is 6. The summed E-state index contributed by atoms with van der Waals surface area (Å²) in [5, 5.41) is 24.2. The lowest BCUT2D eigenvalue weighted by Gasteiger charge is -2.41. The van der Waals surface area contributed by atoms with Gasteiger partial charge in [0.05, 0.1) is 100 Å². The van der Waals surface area contributed by atoms with Crippen LogP contribution in [0.4, 0.5) is 17.1 Å². The molecule has 1 aliphatic heterocycles. The van der Waals surface area contributed by atoms with Gasteiger partial charge in [0.1, 0.15) is 22.4 Å². The topological polar surface area (TPSA) is 249 Å². The first-order valence-corrected chi connectivity index (χ1v) is 25.4. The van der Waals surface area contributed by atoms with Gasteiger partial charge in [-0.1, -0.05) is 32.3 Å². The predicted molar refractivity (Wildman–Crippen MR) is 288 cm³/mol. The van der Waals surface area contributed by atoms with Crippen molar-refractivity contribution in [1.29, 1.82) is 0 Å². The number of aromatic amines is 4. The van der Waals surface area contributed by atoms with Crippen molar-refractivity contribution in [2.24, 2.45) is 5.92 Å². The number of benzene rings is 2. The maximum absolute atomic E-state index is 13.5. The molecule has 9 aromatic heterocycles. The third-order valence-corrected chi connectivity index (χ3v) is 14.8. The number of aryl methyl sites for hydroxylation is 1. The number of aromatic nitrogens is 14. The fourth-order valence-electron chi connectivity index (χ4n) is 10.8. The van der Waals surface area contributed by atoms with E-state index in [-0.39, 0.29) is 23.8 Å². The molecule has 11 aromatic rings. The molecular formula is C55H52N18O2. The molecule has 13 rings (SSSR count). The molecule has 2 fully saturated rings. The third-order valence-electron chi connectivity index (χ3n) is 14.8. The zero-order chi connectivity index (χ0) is 50.7. The fraction of sp³-hybridized carbons (Fsp3) is 0.255. The maximum atomic E-state index is 13.5. The standard InChI is InChI=1S/C55H52N18O2/c1-4-47(74)61-36-14-34(19-56-21-36)32-10-11-41-38(16-32)49(69-67-41)53-63-42-23-58-25-44(51(42)65-53)72-13-12-71(3)46(28-72)39-17-33(35-15-37(22-57-20-35)62-55(75)31-8-6-5-7-9-31)18-40-48(39)68-70-50(40)54-64-43-24-59-26-45(52(43)66-54)73-27-30(2)60-29-73/h10-11,14-27,29,31,46H,4-9,12-13,28H2,1-3H3,(H,61,74)(H,62,75)(H,63,65)(H,64,66)(H,67,69)(H,68,70). The van der Waals surface area contributed by atoms with Crippen LogP contribution in [0.25, 0.3) is 94.9 Å². The van der Waals surface area contributed by atoms with Crippen LogP contribution in [0, 0.1) is 12.8 Å². The van der Waals surface area contributed by atoms with Crippen LogP contribution in [-0.4, -0.2) is 113 Å². The summed E-state index contributed by atoms with van der Waals surface area (Å²) < 4.78 is 1.93. The van der Waals surface area contributed by atoms with Crippen molar-refractivity contribution in [3.63, 3.8) is 0 Å². The van der Waals surface area contributed by atoms with Crippen molar-refractivity contribution < 1.29 is 9.59 Å². The lowest BCUT2D eigenvalue weighted by Crippen LogP contribution is -2.47. The molecule has 2 aliphatic rings. The highest BCUT2D eigenvalue weighted by Gasteiger charge is 2.32. The lowest BCUT2D eigenvalue weighted by molar-refractivity contribution is -0.120. The number of nitrogens with one attached hydrogen (secondary N) is 6. The van der Waals surface area contributed by atoms with Crippen LogP contribution in [0.2, 0.25) is 0 Å². The molecule has 20 heteroatoms. The SMILES string of the molecule is CCC(=O)Nc1cncc(-c2ccc3[nH]nc(-c4nc5c(N6CCN(C)C(c7cc(-c8cncc(NC(=O)C9CCCCC9)c8)cc8c(-c9nc%10c(-n%11cnc(C)c%11)cncc%10[nH]9)[nH]nc78)C6)cncc5[nH]4)c3c2)c1. The van der Waals surface area contributed by atoms with Crippen molar-refractivity contribution in [2.75, 3.05) is 42.2 Å². The Balaban J connectivity index is 0.870. The number of pyridine rings is 4. The number of likely N-dealkylation sites (N-methyl/N-ethyl adjacent to an activating group) is 1. The van der Waals surface area contributed by atoms with E-state index in [4.69, 9.17) is 25.1 Å². The third kappa shape index (κ3) is 8.47. The number of H-pyrrole nitrogens is 4. The molecule has 10 heterocycles. The number of imidazole rings is 3. The second kappa shape index (κ2) is 18.7. The average molecular weight is 997 g/mol. The van der Waals surface area contributed by atoms with Gasteiger partial charge in [-0.15, -0.1) is 0 Å². The van der Waals surface area contributed by atoms with E-state index in [1.807, 2.05) is 61.3 Å². The first-order valence-electron chi connectivity index (χ1n) is 25.4. The van der Waals surface area contributed by atoms with Gasteiger partial charge in [0.15, 0.2) is 11.6 Å². The van der Waals surface area contributed by atoms with Crippen molar-refractivity contribution >= 4 is 72.7 Å². The molecule has 75 heavy (non-hydrogen) atoms. The van der Waals surface area contributed by atoms with Gasteiger partial charge in [-0.3, -0.25) is 44.6 Å². The minimum absolute atomic E-state index is 0.00366. The van der Waals surface area contributed by atoms with Crippen molar-refractivity contribution in [3.8, 4) is 51.0 Å². The van der Waals surface area contributed by atoms with Gasteiger partial charge in [0, 0.05) is 72.5 Å². The average Bonchev–Trinajstić information content (AvgIpc) is 4.34. The van der Waals surface area contributed by atoms with E-state index in [0.717, 1.165) is 133 Å². The number of amides is 2. The Morgan fingerprint density at radius 2 is 1.39 bits per heavy atom. The molecule has 2 amide bonds. The molecular weight excluding hydrogens is 945 g/mol. The van der Waals surface area contributed by atoms with Gasteiger partial charge in [0.2, 0.25) is 11.8 Å². The molecule has 6 N–H and O–H groups in total. The number of hydrogen-bond acceptors (Lipinski definition) is 13. The first kappa shape index (κ1) is 45.7. The second-order valence-electron chi connectivity index (χ2n) is 19.7. The predicted octanol–water partition coefficient (Wildman–Crippen LogP) is 9.29. The summed E-state index contributed by atoms with van der Waals surface area (Å²) in [6.07, 6.45) is 23.5. The number of anilines is 3. The van der Waals surface area contributed by atoms with E-state index in [2.05, 4.69) is 85.8 Å². The van der Waals surface area contributed by atoms with E-state index in [1.165, 1.54) is 6.42 Å². The van der Waals surface area contributed by atoms with Gasteiger partial charge in [-0.05, 0) is 79.9 Å². The van der Waals surface area contributed by atoms with Crippen LogP contribution in [0.1, 0.15) is 62.7 Å². The fourth-order valence-corrected chi connectivity index (χ4v) is 10.8. The summed E-state index contributed by atoms with van der Waals surface area (Å²) in [6.45, 7) is 5.83. The van der Waals surface area contributed by atoms with E-state index in [0.29, 0.717) is 41.7 Å².